The summed E-state index contributed by atoms with van der Waals surface area (Å²) in [5, 5.41) is 12.1. The van der Waals surface area contributed by atoms with E-state index >= 15 is 0 Å². The Morgan fingerprint density at radius 1 is 0.800 bits per heavy atom. The van der Waals surface area contributed by atoms with E-state index in [0.717, 1.165) is 6.42 Å². The zero-order valence-corrected chi connectivity index (χ0v) is 18.3. The summed E-state index contributed by atoms with van der Waals surface area (Å²) in [6.45, 7) is 12.9. The lowest BCUT2D eigenvalue weighted by atomic mass is 10.1. The first kappa shape index (κ1) is 24.3. The molecule has 0 saturated carbocycles. The number of thiocarbonyl (C=S) groups is 1. The normalized spacial score (nSPS) is 12.6. The van der Waals surface area contributed by atoms with Crippen LogP contribution in [0.25, 0.3) is 0 Å². The molecule has 4 nitrogen and oxygen atoms in total. The van der Waals surface area contributed by atoms with Gasteiger partial charge in [0.25, 0.3) is 5.17 Å². The molecular weight excluding hydrogens is 330 g/mol. The van der Waals surface area contributed by atoms with Gasteiger partial charge in [-0.2, -0.15) is 10.2 Å². The van der Waals surface area contributed by atoms with Crippen LogP contribution in [-0.4, -0.2) is 23.0 Å². The molecule has 0 fully saturated rings. The van der Waals surface area contributed by atoms with Crippen LogP contribution in [0.5, 0.6) is 0 Å². The highest BCUT2D eigenvalue weighted by molar-refractivity contribution is 7.80. The maximum Gasteiger partial charge on any atom is 0.258 e. The molecule has 148 valence electrons. The molecule has 0 amide bonds. The molecule has 0 spiro atoms. The van der Waals surface area contributed by atoms with Crippen LogP contribution in [0.2, 0.25) is 0 Å². The molecule has 0 radical (unpaired) electrons. The largest absolute Gasteiger partial charge is 0.471 e. The van der Waals surface area contributed by atoms with Crippen LogP contribution in [0.15, 0.2) is 10.2 Å². The van der Waals surface area contributed by atoms with Crippen molar-refractivity contribution in [2.24, 2.45) is 10.2 Å². The third-order valence-corrected chi connectivity index (χ3v) is 3.96. The van der Waals surface area contributed by atoms with Crippen molar-refractivity contribution in [3.05, 3.63) is 0 Å². The molecule has 0 aromatic heterocycles. The fourth-order valence-electron chi connectivity index (χ4n) is 2.34. The van der Waals surface area contributed by atoms with Crippen LogP contribution in [0.1, 0.15) is 106 Å². The molecule has 0 aromatic rings. The number of nitrogens with zero attached hydrogens (tertiary/aromatic N) is 2. The van der Waals surface area contributed by atoms with Crippen molar-refractivity contribution < 1.29 is 4.74 Å². The molecule has 25 heavy (non-hydrogen) atoms. The minimum atomic E-state index is -0.540. The summed E-state index contributed by atoms with van der Waals surface area (Å²) in [6.07, 6.45) is 13.2. The second-order valence-corrected chi connectivity index (χ2v) is 8.74. The lowest BCUT2D eigenvalue weighted by molar-refractivity contribution is 0.269. The Balaban J connectivity index is 3.62. The molecule has 0 aliphatic carbocycles. The van der Waals surface area contributed by atoms with Crippen LogP contribution in [0.3, 0.4) is 0 Å². The molecule has 0 unspecified atom stereocenters. The van der Waals surface area contributed by atoms with Crippen LogP contribution in [-0.2, 0) is 4.74 Å². The van der Waals surface area contributed by atoms with Crippen molar-refractivity contribution >= 4 is 17.4 Å². The second kappa shape index (κ2) is 13.5. The minimum absolute atomic E-state index is 0.183. The van der Waals surface area contributed by atoms with E-state index in [1.54, 1.807) is 0 Å². The molecule has 0 aromatic carbocycles. The number of hydrogen-bond acceptors (Lipinski definition) is 4. The average Bonchev–Trinajstić information content (AvgIpc) is 2.50. The van der Waals surface area contributed by atoms with Crippen molar-refractivity contribution in [2.75, 3.05) is 6.61 Å². The van der Waals surface area contributed by atoms with E-state index in [4.69, 9.17) is 17.0 Å². The molecule has 0 rings (SSSR count). The monoisotopic (exact) mass is 371 g/mol. The van der Waals surface area contributed by atoms with E-state index in [0.29, 0.717) is 11.8 Å². The molecule has 0 bridgehead atoms. The first-order chi connectivity index (χ1) is 11.7. The van der Waals surface area contributed by atoms with E-state index in [2.05, 4.69) is 22.5 Å². The Morgan fingerprint density at radius 3 is 1.76 bits per heavy atom. The first-order valence-electron chi connectivity index (χ1n) is 10.1. The van der Waals surface area contributed by atoms with Gasteiger partial charge in [-0.1, -0.05) is 64.7 Å². The SMILES string of the molecule is CCCCCCCCCCCCOC(=S)NC(C)(C)/N=N/C(C)(C)C. The summed E-state index contributed by atoms with van der Waals surface area (Å²) < 4.78 is 5.60. The van der Waals surface area contributed by atoms with Crippen LogP contribution in [0, 0.1) is 0 Å². The van der Waals surface area contributed by atoms with Crippen molar-refractivity contribution in [3.63, 3.8) is 0 Å². The van der Waals surface area contributed by atoms with E-state index in [1.807, 2.05) is 34.6 Å². The summed E-state index contributed by atoms with van der Waals surface area (Å²) in [6, 6.07) is 0. The zero-order chi connectivity index (χ0) is 19.2. The summed E-state index contributed by atoms with van der Waals surface area (Å²) in [5.74, 6) is 0. The number of nitrogens with one attached hydrogen (secondary N) is 1. The maximum absolute atomic E-state index is 5.60. The van der Waals surface area contributed by atoms with Crippen molar-refractivity contribution in [2.45, 2.75) is 117 Å². The highest BCUT2D eigenvalue weighted by atomic mass is 32.1. The Labute approximate surface area is 161 Å². The number of hydrogen-bond donors (Lipinski definition) is 1. The average molecular weight is 372 g/mol. The van der Waals surface area contributed by atoms with Crippen LogP contribution >= 0.6 is 12.2 Å². The van der Waals surface area contributed by atoms with Gasteiger partial charge in [0.15, 0.2) is 0 Å². The van der Waals surface area contributed by atoms with Gasteiger partial charge in [0.05, 0.1) is 12.1 Å². The van der Waals surface area contributed by atoms with Crippen LogP contribution in [0.4, 0.5) is 0 Å². The van der Waals surface area contributed by atoms with Gasteiger partial charge in [-0.15, -0.1) is 0 Å². The predicted octanol–water partition coefficient (Wildman–Crippen LogP) is 6.79. The molecule has 0 aliphatic heterocycles. The predicted molar refractivity (Wildman–Crippen MR) is 112 cm³/mol. The third kappa shape index (κ3) is 17.9. The number of azo groups is 1. The second-order valence-electron chi connectivity index (χ2n) is 8.37. The molecule has 1 N–H and O–H groups in total. The van der Waals surface area contributed by atoms with Gasteiger partial charge >= 0.3 is 0 Å². The number of rotatable bonds is 13. The zero-order valence-electron chi connectivity index (χ0n) is 17.5. The maximum atomic E-state index is 5.60. The summed E-state index contributed by atoms with van der Waals surface area (Å²) in [7, 11) is 0. The van der Waals surface area contributed by atoms with E-state index in [9.17, 15) is 0 Å². The molecule has 5 heteroatoms. The molecule has 0 aliphatic rings. The van der Waals surface area contributed by atoms with Gasteiger partial charge in [0, 0.05) is 0 Å². The van der Waals surface area contributed by atoms with Gasteiger partial charge in [-0.05, 0) is 53.3 Å². The minimum Gasteiger partial charge on any atom is -0.471 e. The topological polar surface area (TPSA) is 46.0 Å². The Kier molecular flexibility index (Phi) is 13.1. The quantitative estimate of drug-likeness (QED) is 0.220. The van der Waals surface area contributed by atoms with Gasteiger partial charge in [0.2, 0.25) is 0 Å². The molecule has 0 saturated heterocycles. The van der Waals surface area contributed by atoms with Gasteiger partial charge in [-0.3, -0.25) is 0 Å². The van der Waals surface area contributed by atoms with Crippen molar-refractivity contribution in [1.29, 1.82) is 0 Å². The molecule has 0 atom stereocenters. The first-order valence-corrected chi connectivity index (χ1v) is 10.5. The summed E-state index contributed by atoms with van der Waals surface area (Å²) >= 11 is 5.24. The van der Waals surface area contributed by atoms with E-state index < -0.39 is 5.66 Å². The standard InChI is InChI=1S/C20H41N3OS/c1-7-8-9-10-11-12-13-14-15-16-17-24-18(25)21-20(5,6)23-22-19(2,3)4/h7-17H2,1-6H3,(H,21,25)/b23-22+. The molecule has 0 heterocycles. The van der Waals surface area contributed by atoms with Gasteiger partial charge in [0.1, 0.15) is 5.66 Å². The third-order valence-electron chi connectivity index (χ3n) is 3.74. The lowest BCUT2D eigenvalue weighted by Gasteiger charge is -2.23. The summed E-state index contributed by atoms with van der Waals surface area (Å²) in [5.41, 5.74) is -0.723. The highest BCUT2D eigenvalue weighted by Gasteiger charge is 2.19. The Bertz CT molecular complexity index is 376. The number of ether oxygens (including phenoxy) is 1. The van der Waals surface area contributed by atoms with Crippen LogP contribution < -0.4 is 5.32 Å². The lowest BCUT2D eigenvalue weighted by Crippen LogP contribution is -2.42. The molecular formula is C20H41N3OS. The fraction of sp³-hybridized carbons (Fsp3) is 0.950. The van der Waals surface area contributed by atoms with Gasteiger partial charge in [-0.25, -0.2) is 0 Å². The van der Waals surface area contributed by atoms with Gasteiger partial charge < -0.3 is 10.1 Å². The summed E-state index contributed by atoms with van der Waals surface area (Å²) in [4.78, 5) is 0. The van der Waals surface area contributed by atoms with Crippen molar-refractivity contribution in [3.8, 4) is 0 Å². The smallest absolute Gasteiger partial charge is 0.258 e. The van der Waals surface area contributed by atoms with E-state index in [1.165, 1.54) is 57.8 Å². The Morgan fingerprint density at radius 2 is 1.28 bits per heavy atom. The highest BCUT2D eigenvalue weighted by Crippen LogP contribution is 2.13. The van der Waals surface area contributed by atoms with Crippen molar-refractivity contribution in [1.82, 2.24) is 5.32 Å². The van der Waals surface area contributed by atoms with E-state index in [-0.39, 0.29) is 5.54 Å². The number of unbranched alkanes of at least 4 members (excludes halogenated alkanes) is 9. The Hall–Kier alpha value is -0.710. The fourth-order valence-corrected chi connectivity index (χ4v) is 2.67.